The number of methoxy groups -OCH3 is 2. The van der Waals surface area contributed by atoms with Crippen LogP contribution in [0, 0.1) is 60.1 Å². The number of benzene rings is 5. The molecule has 0 saturated heterocycles. The largest absolute Gasteiger partial charge is 0.496 e. The van der Waals surface area contributed by atoms with Gasteiger partial charge in [-0.05, 0) is 219 Å². The first kappa shape index (κ1) is 99.1. The molecule has 2 bridgehead atoms. The molecule has 2 heterocycles. The molecule has 126 heavy (non-hydrogen) atoms. The maximum atomic E-state index is 13.5. The second-order valence-electron chi connectivity index (χ2n) is 33.3. The third-order valence-corrected chi connectivity index (χ3v) is 26.2. The van der Waals surface area contributed by atoms with Crippen LogP contribution in [0.2, 0.25) is 0 Å². The molecule has 0 radical (unpaired) electrons. The van der Waals surface area contributed by atoms with Gasteiger partial charge in [0.1, 0.15) is 30.2 Å². The number of sulfonamides is 2. The van der Waals surface area contributed by atoms with Crippen molar-refractivity contribution in [2.75, 3.05) is 77.2 Å². The molecule has 3 aliphatic carbocycles. The van der Waals surface area contributed by atoms with Gasteiger partial charge in [-0.2, -0.15) is 10.5 Å². The summed E-state index contributed by atoms with van der Waals surface area (Å²) in [4.78, 5) is 100. The monoisotopic (exact) mass is 1780 g/mol. The van der Waals surface area contributed by atoms with Crippen molar-refractivity contribution in [3.63, 3.8) is 0 Å². The summed E-state index contributed by atoms with van der Waals surface area (Å²) in [6, 6.07) is 23.8. The number of nitriles is 2. The Hall–Kier alpha value is -12.4. The molecule has 5 aromatic carbocycles. The lowest BCUT2D eigenvalue weighted by atomic mass is 9.45. The molecule has 2 aromatic heterocycles. The van der Waals surface area contributed by atoms with Crippen LogP contribution in [0.5, 0.6) is 11.5 Å². The number of esters is 1. The SMILES string of the molecule is CC(C)(C)OC(=O)CCCCCCNC(=O)c1ccc(S(=O)(=O)N(CC#N)C(=O)CCCCCNc2ccc([N+](=O)[O-])c3nonc23)cc1.COc1cc(C(C)(C)CCCCCCN=[N+]=[N-])cc(OC)c1[C@H]1C=C(CNC(=O)CCCCCCNC(=O)c2ccc(S(=O)(=O)N(CC#N)C(=O)CCCCCNc3ccc([N+](=O)[O-])c4nonc34)cc2)[C@H]2C[C@@H]1C2(C)C. The van der Waals surface area contributed by atoms with Crippen LogP contribution in [0.4, 0.5) is 22.7 Å². The number of ether oxygens (including phenoxy) is 3. The van der Waals surface area contributed by atoms with Gasteiger partial charge in [-0.3, -0.25) is 49.0 Å². The Balaban J connectivity index is 0.000000345. The fourth-order valence-corrected chi connectivity index (χ4v) is 18.2. The molecule has 0 aliphatic heterocycles. The van der Waals surface area contributed by atoms with E-state index >= 15 is 0 Å². The van der Waals surface area contributed by atoms with Crippen molar-refractivity contribution in [3.05, 3.63) is 150 Å². The van der Waals surface area contributed by atoms with Gasteiger partial charge in [-0.25, -0.2) is 34.7 Å². The number of amides is 5. The summed E-state index contributed by atoms with van der Waals surface area (Å²) in [6.45, 7) is 15.9. The van der Waals surface area contributed by atoms with Crippen molar-refractivity contribution >= 4 is 100 Å². The maximum absolute atomic E-state index is 13.5. The van der Waals surface area contributed by atoms with Gasteiger partial charge in [0.25, 0.3) is 31.9 Å². The van der Waals surface area contributed by atoms with Crippen LogP contribution >= 0.6 is 0 Å². The fraction of sp³-hybridized carbons (Fsp3) is 0.540. The molecule has 39 heteroatoms. The maximum Gasteiger partial charge on any atom is 0.306 e. The van der Waals surface area contributed by atoms with E-state index in [4.69, 9.17) is 19.7 Å². The van der Waals surface area contributed by atoms with Crippen LogP contribution in [0.1, 0.15) is 240 Å². The Labute approximate surface area is 733 Å². The van der Waals surface area contributed by atoms with Crippen LogP contribution in [-0.4, -0.2) is 164 Å². The average Bonchev–Trinajstić information content (AvgIpc) is 0.823. The van der Waals surface area contributed by atoms with E-state index in [2.05, 4.69) is 112 Å². The Morgan fingerprint density at radius 3 is 1.46 bits per heavy atom. The van der Waals surface area contributed by atoms with Crippen LogP contribution in [-0.2, 0) is 49.4 Å². The number of nitro groups is 2. The van der Waals surface area contributed by atoms with Gasteiger partial charge in [0.05, 0.1) is 57.4 Å². The Kier molecular flexibility index (Phi) is 37.0. The van der Waals surface area contributed by atoms with Crippen molar-refractivity contribution in [1.29, 1.82) is 10.5 Å². The van der Waals surface area contributed by atoms with Crippen LogP contribution < -0.4 is 36.1 Å². The summed E-state index contributed by atoms with van der Waals surface area (Å²) in [6.07, 6.45) is 17.8. The quantitative estimate of drug-likeness (QED) is 0.00272. The predicted octanol–water partition coefficient (Wildman–Crippen LogP) is 15.4. The van der Waals surface area contributed by atoms with Gasteiger partial charge < -0.3 is 40.8 Å². The van der Waals surface area contributed by atoms with E-state index < -0.39 is 60.4 Å². The smallest absolute Gasteiger partial charge is 0.306 e. The molecule has 5 amide bonds. The molecule has 37 nitrogen and oxygen atoms in total. The van der Waals surface area contributed by atoms with E-state index in [-0.39, 0.29) is 108 Å². The number of nitrogens with one attached hydrogen (secondary N) is 5. The number of hydrogen-bond donors (Lipinski definition) is 5. The van der Waals surface area contributed by atoms with E-state index in [1.807, 2.05) is 20.8 Å². The standard InChI is InChI=1S/C55H73N11O10S.C32H41N7O9S/c1-54(2,26-14-8-10-17-30-61-64-57)39-33-46(74-5)50(47(34-39)75-6)41-32-38(42-35-43(41)55(42,3)4)36-60-48(67)18-12-7-9-15-29-59-53(69)37-20-22-40(23-21-37)77(72,73)65(31-27-56)49(68)19-13-11-16-28-58-44-24-25-45(66(70)71)52-51(44)62-76-63-52;1-32(2,3)47-28(41)12-8-4-5-9-21-35-31(42)23-13-15-24(16-14-23)49(45,46)38(22-19-33)27(40)11-7-6-10-20-34-25-17-18-26(39(43)44)30-29(25)36-48-37-30/h20-25,32-34,41-43,58H,7-19,26,28-31,35-36H2,1-6H3,(H,59,69)(H,60,67);13-18,34H,4-12,20-22H2,1-3H3,(H,35,42)/t41-,42+,43-;/m0./s1. The molecular weight excluding hydrogens is 1670 g/mol. The first-order chi connectivity index (χ1) is 60.1. The fourth-order valence-electron chi connectivity index (χ4n) is 15.6. The highest BCUT2D eigenvalue weighted by atomic mass is 32.2. The Morgan fingerprint density at radius 1 is 0.587 bits per heavy atom. The molecular formula is C87H114N18O19S2. The summed E-state index contributed by atoms with van der Waals surface area (Å²) < 4.78 is 81.4. The van der Waals surface area contributed by atoms with E-state index in [0.29, 0.717) is 148 Å². The molecule has 7 aromatic rings. The highest BCUT2D eigenvalue weighted by Crippen LogP contribution is 2.65. The minimum absolute atomic E-state index is 0.00454. The third-order valence-electron chi connectivity index (χ3n) is 22.6. The van der Waals surface area contributed by atoms with E-state index in [1.165, 1.54) is 78.4 Å². The number of non-ortho nitro benzene ring substituents is 2. The number of anilines is 2. The average molecular weight is 1780 g/mol. The lowest BCUT2D eigenvalue weighted by molar-refractivity contribution is -0.383. The molecule has 0 spiro atoms. The number of hydrogen-bond acceptors (Lipinski definition) is 28. The van der Waals surface area contributed by atoms with Gasteiger partial charge in [-0.1, -0.05) is 102 Å². The number of carbonyl (C=O) groups is 6. The number of nitro benzene ring substituents is 2. The number of carbonyl (C=O) groups excluding carboxylic acids is 6. The highest BCUT2D eigenvalue weighted by molar-refractivity contribution is 7.90. The van der Waals surface area contributed by atoms with Gasteiger partial charge in [-0.15, -0.1) is 0 Å². The number of rotatable bonds is 51. The molecule has 1 fully saturated rings. The summed E-state index contributed by atoms with van der Waals surface area (Å²) in [7, 11) is -5.30. The molecule has 1 saturated carbocycles. The second-order valence-corrected chi connectivity index (χ2v) is 37.1. The molecule has 3 aliphatic rings. The van der Waals surface area contributed by atoms with Gasteiger partial charge >= 0.3 is 17.3 Å². The highest BCUT2D eigenvalue weighted by Gasteiger charge is 2.56. The van der Waals surface area contributed by atoms with Crippen LogP contribution in [0.15, 0.2) is 121 Å². The number of nitrogens with zero attached hydrogens (tertiary/aromatic N) is 13. The normalized spacial score (nSPS) is 14.5. The van der Waals surface area contributed by atoms with E-state index in [9.17, 15) is 76.4 Å². The number of allylic oxidation sites excluding steroid dienone is 1. The Morgan fingerprint density at radius 2 is 1.02 bits per heavy atom. The zero-order valence-corrected chi connectivity index (χ0v) is 74.5. The lowest BCUT2D eigenvalue weighted by Gasteiger charge is -2.59. The first-order valence-electron chi connectivity index (χ1n) is 42.5. The molecule has 0 unspecified atom stereocenters. The van der Waals surface area contributed by atoms with Crippen molar-refractivity contribution in [3.8, 4) is 23.6 Å². The van der Waals surface area contributed by atoms with Crippen molar-refractivity contribution in [1.82, 2.24) is 45.2 Å². The van der Waals surface area contributed by atoms with Crippen molar-refractivity contribution in [2.24, 2.45) is 22.4 Å². The van der Waals surface area contributed by atoms with E-state index in [1.54, 1.807) is 26.4 Å². The van der Waals surface area contributed by atoms with Crippen LogP contribution in [0.25, 0.3) is 32.5 Å². The first-order valence-corrected chi connectivity index (χ1v) is 45.4. The topological polar surface area (TPSA) is 525 Å². The zero-order valence-electron chi connectivity index (χ0n) is 72.9. The second kappa shape index (κ2) is 47.1. The number of unbranched alkanes of at least 4 members (excludes halogenated alkanes) is 13. The molecule has 678 valence electrons. The zero-order chi connectivity index (χ0) is 91.8. The van der Waals surface area contributed by atoms with Gasteiger partial charge in [0.2, 0.25) is 28.8 Å². The molecule has 10 rings (SSSR count). The summed E-state index contributed by atoms with van der Waals surface area (Å²) in [5, 5.41) is 74.4. The van der Waals surface area contributed by atoms with Crippen molar-refractivity contribution in [2.45, 2.75) is 229 Å². The number of aromatic nitrogens is 4. The molecule has 5 N–H and O–H groups in total. The third kappa shape index (κ3) is 27.3. The molecule has 3 atom stereocenters. The summed E-state index contributed by atoms with van der Waals surface area (Å²) >= 11 is 0. The summed E-state index contributed by atoms with van der Waals surface area (Å²) in [5.41, 5.74) is 12.9. The number of azide groups is 1. The minimum atomic E-state index is -4.39. The predicted molar refractivity (Wildman–Crippen MR) is 468 cm³/mol. The van der Waals surface area contributed by atoms with Gasteiger partial charge in [0.15, 0.2) is 11.0 Å². The number of fused-ring (bicyclic) bond motifs is 3. The summed E-state index contributed by atoms with van der Waals surface area (Å²) in [5.74, 6) is 0.00195. The van der Waals surface area contributed by atoms with Gasteiger partial charge in [0, 0.05) is 105 Å². The Bertz CT molecular complexity index is 5340. The van der Waals surface area contributed by atoms with E-state index in [0.717, 1.165) is 86.8 Å². The minimum Gasteiger partial charge on any atom is -0.496 e. The lowest BCUT2D eigenvalue weighted by Crippen LogP contribution is -2.52. The van der Waals surface area contributed by atoms with Crippen LogP contribution in [0.3, 0.4) is 0 Å². The van der Waals surface area contributed by atoms with Crippen molar-refractivity contribution < 1.29 is 78.9 Å².